The molecule has 0 radical (unpaired) electrons. The molecule has 0 aliphatic carbocycles. The number of amides is 1. The van der Waals surface area contributed by atoms with Gasteiger partial charge in [-0.15, -0.1) is 0 Å². The Morgan fingerprint density at radius 2 is 1.72 bits per heavy atom. The molecule has 1 N–H and O–H groups in total. The number of hydrogen-bond donors (Lipinski definition) is 1. The molecule has 8 heteroatoms. The number of anilines is 1. The third-order valence-corrected chi connectivity index (χ3v) is 7.30. The van der Waals surface area contributed by atoms with Crippen molar-refractivity contribution in [1.29, 1.82) is 0 Å². The fourth-order valence-electron chi connectivity index (χ4n) is 3.35. The van der Waals surface area contributed by atoms with Gasteiger partial charge in [0.25, 0.3) is 5.91 Å². The second-order valence-corrected chi connectivity index (χ2v) is 10.1. The van der Waals surface area contributed by atoms with Crippen molar-refractivity contribution in [2.24, 2.45) is 5.92 Å². The van der Waals surface area contributed by atoms with Crippen LogP contribution in [-0.2, 0) is 16.8 Å². The number of para-hydroxylation sites is 1. The van der Waals surface area contributed by atoms with Crippen LogP contribution in [0.15, 0.2) is 48.5 Å². The summed E-state index contributed by atoms with van der Waals surface area (Å²) in [5.41, 5.74) is 1.12. The Hall–Kier alpha value is -2.45. The van der Waals surface area contributed by atoms with Crippen LogP contribution in [0.25, 0.3) is 0 Å². The summed E-state index contributed by atoms with van der Waals surface area (Å²) < 4.78 is 42.1. The van der Waals surface area contributed by atoms with Crippen LogP contribution in [-0.4, -0.2) is 39.3 Å². The number of carbonyl (C=O) groups is 1. The Morgan fingerprint density at radius 1 is 1.06 bits per heavy atom. The average molecular weight is 464 g/mol. The number of hydrogen-bond acceptors (Lipinski definition) is 3. The van der Waals surface area contributed by atoms with Crippen LogP contribution >= 0.6 is 0 Å². The number of nitrogens with zero attached hydrogens (tertiary/aromatic N) is 2. The van der Waals surface area contributed by atoms with Gasteiger partial charge in [0.05, 0.1) is 12.2 Å². The summed E-state index contributed by atoms with van der Waals surface area (Å²) in [7, 11) is -1.11. The standard InChI is InChI=1S/C24H34FN3O3S/c1-5-7-10-19(6-2)17-26-24(29)21-15-13-20(14-16-21)18-28(32(30,31)27(3)4)23-12-9-8-11-22(23)25/h8-9,11-16,19H,5-7,10,17-18H2,1-4H3,(H,26,29). The fraction of sp³-hybridized carbons (Fsp3) is 0.458. The lowest BCUT2D eigenvalue weighted by molar-refractivity contribution is 0.0946. The zero-order valence-corrected chi connectivity index (χ0v) is 20.2. The summed E-state index contributed by atoms with van der Waals surface area (Å²) in [5.74, 6) is -0.315. The summed E-state index contributed by atoms with van der Waals surface area (Å²) in [6, 6.07) is 12.5. The van der Waals surface area contributed by atoms with E-state index in [4.69, 9.17) is 0 Å². The third kappa shape index (κ3) is 6.77. The van der Waals surface area contributed by atoms with Crippen LogP contribution in [0.3, 0.4) is 0 Å². The van der Waals surface area contributed by atoms with E-state index in [1.165, 1.54) is 32.3 Å². The van der Waals surface area contributed by atoms with Gasteiger partial charge in [0.15, 0.2) is 0 Å². The number of halogens is 1. The minimum absolute atomic E-state index is 0.0271. The first-order valence-electron chi connectivity index (χ1n) is 11.0. The molecule has 0 saturated heterocycles. The predicted octanol–water partition coefficient (Wildman–Crippen LogP) is 4.58. The first-order chi connectivity index (χ1) is 15.2. The Morgan fingerprint density at radius 3 is 2.28 bits per heavy atom. The second kappa shape index (κ2) is 12.0. The van der Waals surface area contributed by atoms with Crippen molar-refractivity contribution in [3.63, 3.8) is 0 Å². The van der Waals surface area contributed by atoms with Gasteiger partial charge in [-0.05, 0) is 42.2 Å². The molecule has 0 bridgehead atoms. The van der Waals surface area contributed by atoms with E-state index in [-0.39, 0.29) is 18.1 Å². The molecule has 0 spiro atoms. The zero-order valence-electron chi connectivity index (χ0n) is 19.3. The normalized spacial score (nSPS) is 12.6. The molecule has 1 amide bonds. The monoisotopic (exact) mass is 463 g/mol. The van der Waals surface area contributed by atoms with Crippen LogP contribution in [0.2, 0.25) is 0 Å². The molecular weight excluding hydrogens is 429 g/mol. The molecule has 6 nitrogen and oxygen atoms in total. The summed E-state index contributed by atoms with van der Waals surface area (Å²) >= 11 is 0. The van der Waals surface area contributed by atoms with Gasteiger partial charge < -0.3 is 5.32 Å². The number of nitrogens with one attached hydrogen (secondary N) is 1. The fourth-order valence-corrected chi connectivity index (χ4v) is 4.45. The van der Waals surface area contributed by atoms with E-state index in [0.29, 0.717) is 23.6 Å². The Bertz CT molecular complexity index is 978. The van der Waals surface area contributed by atoms with Crippen molar-refractivity contribution in [1.82, 2.24) is 9.62 Å². The molecule has 1 atom stereocenters. The minimum Gasteiger partial charge on any atom is -0.352 e. The highest BCUT2D eigenvalue weighted by molar-refractivity contribution is 7.90. The lowest BCUT2D eigenvalue weighted by Gasteiger charge is -2.27. The molecule has 32 heavy (non-hydrogen) atoms. The van der Waals surface area contributed by atoms with Gasteiger partial charge in [0, 0.05) is 26.2 Å². The summed E-state index contributed by atoms with van der Waals surface area (Å²) in [5, 5.41) is 2.99. The van der Waals surface area contributed by atoms with Gasteiger partial charge in [0.2, 0.25) is 0 Å². The first-order valence-corrected chi connectivity index (χ1v) is 12.4. The summed E-state index contributed by atoms with van der Waals surface area (Å²) in [4.78, 5) is 12.5. The van der Waals surface area contributed by atoms with Crippen molar-refractivity contribution in [2.45, 2.75) is 46.1 Å². The van der Waals surface area contributed by atoms with Crippen molar-refractivity contribution >= 4 is 21.8 Å². The molecule has 0 fully saturated rings. The van der Waals surface area contributed by atoms with E-state index in [2.05, 4.69) is 19.2 Å². The molecule has 1 unspecified atom stereocenters. The summed E-state index contributed by atoms with van der Waals surface area (Å²) in [6.45, 7) is 4.87. The molecule has 2 aromatic carbocycles. The Balaban J connectivity index is 2.15. The van der Waals surface area contributed by atoms with E-state index in [9.17, 15) is 17.6 Å². The van der Waals surface area contributed by atoms with Crippen molar-refractivity contribution in [3.05, 3.63) is 65.5 Å². The van der Waals surface area contributed by atoms with Crippen LogP contribution < -0.4 is 9.62 Å². The largest absolute Gasteiger partial charge is 0.352 e. The van der Waals surface area contributed by atoms with Gasteiger partial charge in [-0.2, -0.15) is 12.7 Å². The molecule has 0 saturated carbocycles. The number of carbonyl (C=O) groups excluding carboxylic acids is 1. The molecule has 0 aliphatic heterocycles. The van der Waals surface area contributed by atoms with Gasteiger partial charge >= 0.3 is 10.2 Å². The van der Waals surface area contributed by atoms with Crippen molar-refractivity contribution in [2.75, 3.05) is 24.9 Å². The molecular formula is C24H34FN3O3S. The molecule has 2 aromatic rings. The maximum Gasteiger partial charge on any atom is 0.303 e. The van der Waals surface area contributed by atoms with Gasteiger partial charge in [-0.1, -0.05) is 57.4 Å². The topological polar surface area (TPSA) is 69.7 Å². The number of unbranched alkanes of at least 4 members (excludes halogenated alkanes) is 1. The van der Waals surface area contributed by atoms with E-state index in [1.807, 2.05) is 0 Å². The predicted molar refractivity (Wildman–Crippen MR) is 127 cm³/mol. The maximum absolute atomic E-state index is 14.4. The van der Waals surface area contributed by atoms with Crippen LogP contribution in [0.1, 0.15) is 55.5 Å². The van der Waals surface area contributed by atoms with Gasteiger partial charge in [-0.25, -0.2) is 4.39 Å². The SMILES string of the molecule is CCCCC(CC)CNC(=O)c1ccc(CN(c2ccccc2F)S(=O)(=O)N(C)C)cc1. The van der Waals surface area contributed by atoms with Crippen molar-refractivity contribution < 1.29 is 17.6 Å². The van der Waals surface area contributed by atoms with E-state index < -0.39 is 16.0 Å². The molecule has 0 heterocycles. The van der Waals surface area contributed by atoms with E-state index in [0.717, 1.165) is 34.3 Å². The average Bonchev–Trinajstić information content (AvgIpc) is 2.78. The van der Waals surface area contributed by atoms with E-state index >= 15 is 0 Å². The van der Waals surface area contributed by atoms with Crippen molar-refractivity contribution in [3.8, 4) is 0 Å². The number of rotatable bonds is 12. The highest BCUT2D eigenvalue weighted by Gasteiger charge is 2.27. The first kappa shape index (κ1) is 25.8. The zero-order chi connectivity index (χ0) is 23.7. The van der Waals surface area contributed by atoms with Crippen LogP contribution in [0, 0.1) is 11.7 Å². The quantitative estimate of drug-likeness (QED) is 0.501. The maximum atomic E-state index is 14.4. The molecule has 0 aromatic heterocycles. The minimum atomic E-state index is -3.92. The molecule has 2 rings (SSSR count). The molecule has 176 valence electrons. The highest BCUT2D eigenvalue weighted by Crippen LogP contribution is 2.25. The van der Waals surface area contributed by atoms with Gasteiger partial charge in [0.1, 0.15) is 5.82 Å². The smallest absolute Gasteiger partial charge is 0.303 e. The Labute approximate surface area is 191 Å². The highest BCUT2D eigenvalue weighted by atomic mass is 32.2. The Kier molecular flexibility index (Phi) is 9.65. The second-order valence-electron chi connectivity index (χ2n) is 8.07. The van der Waals surface area contributed by atoms with Crippen LogP contribution in [0.4, 0.5) is 10.1 Å². The summed E-state index contributed by atoms with van der Waals surface area (Å²) in [6.07, 6.45) is 4.40. The van der Waals surface area contributed by atoms with E-state index in [1.54, 1.807) is 30.3 Å². The lowest BCUT2D eigenvalue weighted by Crippen LogP contribution is -2.40. The number of benzene rings is 2. The molecule has 0 aliphatic rings. The third-order valence-electron chi connectivity index (χ3n) is 5.50. The van der Waals surface area contributed by atoms with Crippen LogP contribution in [0.5, 0.6) is 0 Å². The lowest BCUT2D eigenvalue weighted by atomic mass is 9.99. The van der Waals surface area contributed by atoms with Gasteiger partial charge in [-0.3, -0.25) is 9.10 Å².